The Morgan fingerprint density at radius 1 is 1.42 bits per heavy atom. The second-order valence-electron chi connectivity index (χ2n) is 5.41. The number of piperidine rings is 1. The molecule has 0 aromatic rings. The number of nitrogens with one attached hydrogen (secondary N) is 1. The standard InChI is InChI=1S/C14H26N2O3/c1-3-19-13(17)14(15-8-11-18-2)7-10-16-9-5-4-6-12(14)16/h12,15H,3-11H2,1-2H3. The number of nitrogens with zero attached hydrogens (tertiary/aromatic N) is 1. The van der Waals surface area contributed by atoms with Gasteiger partial charge in [-0.05, 0) is 32.7 Å². The molecule has 110 valence electrons. The normalized spacial score (nSPS) is 31.2. The Hall–Kier alpha value is -0.650. The zero-order valence-electron chi connectivity index (χ0n) is 12.1. The molecule has 2 rings (SSSR count). The number of hydrogen-bond acceptors (Lipinski definition) is 5. The number of fused-ring (bicyclic) bond motifs is 1. The summed E-state index contributed by atoms with van der Waals surface area (Å²) in [7, 11) is 1.68. The molecular formula is C14H26N2O3. The lowest BCUT2D eigenvalue weighted by Crippen LogP contribution is -2.62. The summed E-state index contributed by atoms with van der Waals surface area (Å²) < 4.78 is 10.4. The Balaban J connectivity index is 2.11. The first kappa shape index (κ1) is 14.8. The van der Waals surface area contributed by atoms with Crippen LogP contribution >= 0.6 is 0 Å². The molecule has 2 unspecified atom stereocenters. The summed E-state index contributed by atoms with van der Waals surface area (Å²) in [5, 5.41) is 3.44. The summed E-state index contributed by atoms with van der Waals surface area (Å²) in [6.07, 6.45) is 4.38. The zero-order valence-corrected chi connectivity index (χ0v) is 12.1. The van der Waals surface area contributed by atoms with E-state index in [9.17, 15) is 4.79 Å². The van der Waals surface area contributed by atoms with Gasteiger partial charge in [0.2, 0.25) is 0 Å². The lowest BCUT2D eigenvalue weighted by atomic mass is 9.85. The van der Waals surface area contributed by atoms with Gasteiger partial charge in [-0.3, -0.25) is 10.2 Å². The van der Waals surface area contributed by atoms with Gasteiger partial charge in [0.25, 0.3) is 0 Å². The first-order valence-corrected chi connectivity index (χ1v) is 7.40. The SMILES string of the molecule is CCOC(=O)C1(NCCOC)CCN2CCCCC21. The van der Waals surface area contributed by atoms with Gasteiger partial charge in [0.15, 0.2) is 0 Å². The van der Waals surface area contributed by atoms with Crippen LogP contribution in [0.4, 0.5) is 0 Å². The number of carbonyl (C=O) groups excluding carboxylic acids is 1. The summed E-state index contributed by atoms with van der Waals surface area (Å²) in [6.45, 7) is 5.72. The maximum atomic E-state index is 12.5. The Morgan fingerprint density at radius 3 is 3.00 bits per heavy atom. The number of ether oxygens (including phenoxy) is 2. The van der Waals surface area contributed by atoms with E-state index < -0.39 is 5.54 Å². The van der Waals surface area contributed by atoms with Crippen molar-refractivity contribution in [3.8, 4) is 0 Å². The quantitative estimate of drug-likeness (QED) is 0.571. The van der Waals surface area contributed by atoms with E-state index in [0.29, 0.717) is 19.8 Å². The first-order chi connectivity index (χ1) is 9.24. The van der Waals surface area contributed by atoms with E-state index in [1.54, 1.807) is 7.11 Å². The van der Waals surface area contributed by atoms with E-state index in [1.807, 2.05) is 6.92 Å². The fraction of sp³-hybridized carbons (Fsp3) is 0.929. The van der Waals surface area contributed by atoms with Crippen molar-refractivity contribution in [1.29, 1.82) is 0 Å². The van der Waals surface area contributed by atoms with Crippen LogP contribution in [-0.4, -0.2) is 62.4 Å². The van der Waals surface area contributed by atoms with Crippen molar-refractivity contribution in [1.82, 2.24) is 10.2 Å². The highest BCUT2D eigenvalue weighted by Gasteiger charge is 2.53. The Bertz CT molecular complexity index is 311. The smallest absolute Gasteiger partial charge is 0.328 e. The minimum absolute atomic E-state index is 0.0829. The van der Waals surface area contributed by atoms with Gasteiger partial charge >= 0.3 is 5.97 Å². The molecule has 2 aliphatic rings. The number of methoxy groups -OCH3 is 1. The van der Waals surface area contributed by atoms with Gasteiger partial charge < -0.3 is 9.47 Å². The minimum atomic E-state index is -0.519. The van der Waals surface area contributed by atoms with Gasteiger partial charge in [0.05, 0.1) is 13.2 Å². The fourth-order valence-electron chi connectivity index (χ4n) is 3.46. The molecule has 0 saturated carbocycles. The molecule has 0 aromatic carbocycles. The predicted molar refractivity (Wildman–Crippen MR) is 73.1 cm³/mol. The van der Waals surface area contributed by atoms with Gasteiger partial charge in [-0.25, -0.2) is 4.79 Å². The topological polar surface area (TPSA) is 50.8 Å². The van der Waals surface area contributed by atoms with Crippen LogP contribution in [0, 0.1) is 0 Å². The van der Waals surface area contributed by atoms with Crippen molar-refractivity contribution >= 4 is 5.97 Å². The number of hydrogen-bond donors (Lipinski definition) is 1. The monoisotopic (exact) mass is 270 g/mol. The molecule has 2 fully saturated rings. The van der Waals surface area contributed by atoms with Crippen molar-refractivity contribution in [3.63, 3.8) is 0 Å². The van der Waals surface area contributed by atoms with Crippen molar-refractivity contribution in [2.24, 2.45) is 0 Å². The highest BCUT2D eigenvalue weighted by molar-refractivity contribution is 5.82. The Morgan fingerprint density at radius 2 is 2.26 bits per heavy atom. The van der Waals surface area contributed by atoms with Crippen LogP contribution < -0.4 is 5.32 Å². The summed E-state index contributed by atoms with van der Waals surface area (Å²) >= 11 is 0. The molecular weight excluding hydrogens is 244 g/mol. The third-order valence-corrected chi connectivity index (χ3v) is 4.36. The van der Waals surface area contributed by atoms with Crippen LogP contribution in [-0.2, 0) is 14.3 Å². The summed E-state index contributed by atoms with van der Waals surface area (Å²) in [5.74, 6) is -0.0829. The third kappa shape index (κ3) is 2.93. The van der Waals surface area contributed by atoms with Crippen molar-refractivity contribution in [2.45, 2.75) is 44.2 Å². The highest BCUT2D eigenvalue weighted by Crippen LogP contribution is 2.36. The molecule has 0 aliphatic carbocycles. The number of rotatable bonds is 6. The van der Waals surface area contributed by atoms with Crippen LogP contribution in [0.2, 0.25) is 0 Å². The second-order valence-corrected chi connectivity index (χ2v) is 5.41. The van der Waals surface area contributed by atoms with E-state index in [-0.39, 0.29) is 12.0 Å². The zero-order chi connectivity index (χ0) is 13.7. The summed E-state index contributed by atoms with van der Waals surface area (Å²) in [5.41, 5.74) is -0.519. The summed E-state index contributed by atoms with van der Waals surface area (Å²) in [6, 6.07) is 0.289. The van der Waals surface area contributed by atoms with E-state index >= 15 is 0 Å². The molecule has 5 nitrogen and oxygen atoms in total. The van der Waals surface area contributed by atoms with E-state index in [0.717, 1.165) is 25.9 Å². The molecule has 0 aromatic heterocycles. The molecule has 1 N–H and O–H groups in total. The van der Waals surface area contributed by atoms with Gasteiger partial charge in [-0.1, -0.05) is 6.42 Å². The second kappa shape index (κ2) is 6.68. The van der Waals surface area contributed by atoms with Crippen molar-refractivity contribution in [3.05, 3.63) is 0 Å². The lowest BCUT2D eigenvalue weighted by molar-refractivity contribution is -0.153. The molecule has 19 heavy (non-hydrogen) atoms. The molecule has 2 aliphatic heterocycles. The highest BCUT2D eigenvalue weighted by atomic mass is 16.5. The molecule has 0 amide bonds. The average Bonchev–Trinajstić information content (AvgIpc) is 2.80. The van der Waals surface area contributed by atoms with Gasteiger partial charge in [0.1, 0.15) is 5.54 Å². The van der Waals surface area contributed by atoms with Crippen LogP contribution in [0.3, 0.4) is 0 Å². The summed E-state index contributed by atoms with van der Waals surface area (Å²) in [4.78, 5) is 14.9. The maximum absolute atomic E-state index is 12.5. The van der Waals surface area contributed by atoms with Crippen molar-refractivity contribution < 1.29 is 14.3 Å². The molecule has 0 spiro atoms. The molecule has 0 radical (unpaired) electrons. The Labute approximate surface area is 115 Å². The van der Waals surface area contributed by atoms with Crippen LogP contribution in [0.25, 0.3) is 0 Å². The Kier molecular flexibility index (Phi) is 5.19. The number of esters is 1. The molecule has 2 heterocycles. The minimum Gasteiger partial charge on any atom is -0.465 e. The fourth-order valence-corrected chi connectivity index (χ4v) is 3.46. The predicted octanol–water partition coefficient (Wildman–Crippen LogP) is 0.783. The van der Waals surface area contributed by atoms with E-state index in [2.05, 4.69) is 10.2 Å². The lowest BCUT2D eigenvalue weighted by Gasteiger charge is -2.39. The van der Waals surface area contributed by atoms with Crippen LogP contribution in [0.15, 0.2) is 0 Å². The first-order valence-electron chi connectivity index (χ1n) is 7.40. The van der Waals surface area contributed by atoms with E-state index in [1.165, 1.54) is 12.8 Å². The third-order valence-electron chi connectivity index (χ3n) is 4.36. The van der Waals surface area contributed by atoms with Crippen LogP contribution in [0.5, 0.6) is 0 Å². The van der Waals surface area contributed by atoms with E-state index in [4.69, 9.17) is 9.47 Å². The molecule has 0 bridgehead atoms. The van der Waals surface area contributed by atoms with Crippen molar-refractivity contribution in [2.75, 3.05) is 40.0 Å². The molecule has 2 saturated heterocycles. The van der Waals surface area contributed by atoms with Gasteiger partial charge in [-0.2, -0.15) is 0 Å². The van der Waals surface area contributed by atoms with Gasteiger partial charge in [-0.15, -0.1) is 0 Å². The number of carbonyl (C=O) groups is 1. The average molecular weight is 270 g/mol. The molecule has 5 heteroatoms. The van der Waals surface area contributed by atoms with Gasteiger partial charge in [0, 0.05) is 26.2 Å². The molecule has 2 atom stereocenters. The largest absolute Gasteiger partial charge is 0.465 e. The van der Waals surface area contributed by atoms with Crippen LogP contribution in [0.1, 0.15) is 32.6 Å². The maximum Gasteiger partial charge on any atom is 0.328 e.